The Morgan fingerprint density at radius 1 is 1.00 bits per heavy atom. The van der Waals surface area contributed by atoms with Crippen LogP contribution in [0.1, 0.15) is 12.0 Å². The fraction of sp³-hybridized carbons (Fsp3) is 0.368. The molecule has 2 aromatic rings. The normalized spacial score (nSPS) is 17.9. The highest BCUT2D eigenvalue weighted by molar-refractivity contribution is 7.86. The van der Waals surface area contributed by atoms with Crippen LogP contribution in [-0.2, 0) is 29.2 Å². The van der Waals surface area contributed by atoms with E-state index < -0.39 is 21.8 Å². The number of hydrogen-bond acceptors (Lipinski definition) is 6. The summed E-state index contributed by atoms with van der Waals surface area (Å²) in [6, 6.07) is 17.1. The molecule has 0 spiro atoms. The van der Waals surface area contributed by atoms with Crippen LogP contribution >= 0.6 is 0 Å². The van der Waals surface area contributed by atoms with E-state index in [9.17, 15) is 13.5 Å². The third kappa shape index (κ3) is 4.31. The Kier molecular flexibility index (Phi) is 6.05. The van der Waals surface area contributed by atoms with Crippen LogP contribution in [0.25, 0.3) is 0 Å². The van der Waals surface area contributed by atoms with Crippen LogP contribution < -0.4 is 0 Å². The first-order valence-corrected chi connectivity index (χ1v) is 9.81. The molecule has 7 heteroatoms. The van der Waals surface area contributed by atoms with E-state index in [-0.39, 0.29) is 24.5 Å². The first kappa shape index (κ1) is 19.0. The molecule has 1 fully saturated rings. The summed E-state index contributed by atoms with van der Waals surface area (Å²) in [6.45, 7) is 0.437. The molecule has 1 atom stereocenters. The standard InChI is InChI=1S/C19H22O6S/c20-14-19(13-18-23-11-12-24-18,16-7-3-1-4-8-16)15-25-26(21,22)17-9-5-2-6-10-17/h1-10,18,20H,11-15H2/t19-/m1/s1. The van der Waals surface area contributed by atoms with Gasteiger partial charge in [-0.25, -0.2) is 0 Å². The van der Waals surface area contributed by atoms with Gasteiger partial charge in [-0.05, 0) is 17.7 Å². The molecule has 26 heavy (non-hydrogen) atoms. The molecule has 3 rings (SSSR count). The van der Waals surface area contributed by atoms with Gasteiger partial charge in [-0.1, -0.05) is 48.5 Å². The quantitative estimate of drug-likeness (QED) is 0.709. The molecule has 1 heterocycles. The topological polar surface area (TPSA) is 82.1 Å². The highest BCUT2D eigenvalue weighted by atomic mass is 32.2. The average molecular weight is 378 g/mol. The van der Waals surface area contributed by atoms with Crippen molar-refractivity contribution in [2.45, 2.75) is 23.0 Å². The van der Waals surface area contributed by atoms with Crippen LogP contribution in [0.5, 0.6) is 0 Å². The van der Waals surface area contributed by atoms with Gasteiger partial charge in [0.2, 0.25) is 0 Å². The van der Waals surface area contributed by atoms with Gasteiger partial charge in [-0.3, -0.25) is 4.18 Å². The number of rotatable bonds is 8. The fourth-order valence-corrected chi connectivity index (χ4v) is 3.95. The van der Waals surface area contributed by atoms with Crippen LogP contribution in [0, 0.1) is 0 Å². The number of aliphatic hydroxyl groups excluding tert-OH is 1. The van der Waals surface area contributed by atoms with Crippen LogP contribution in [0.4, 0.5) is 0 Å². The second kappa shape index (κ2) is 8.28. The van der Waals surface area contributed by atoms with E-state index in [2.05, 4.69) is 0 Å². The van der Waals surface area contributed by atoms with Gasteiger partial charge in [0, 0.05) is 11.8 Å². The van der Waals surface area contributed by atoms with E-state index in [1.54, 1.807) is 18.2 Å². The monoisotopic (exact) mass is 378 g/mol. The summed E-state index contributed by atoms with van der Waals surface area (Å²) in [4.78, 5) is 0.0771. The van der Waals surface area contributed by atoms with Crippen molar-refractivity contribution < 1.29 is 27.2 Å². The lowest BCUT2D eigenvalue weighted by atomic mass is 9.79. The Balaban J connectivity index is 1.85. The molecule has 0 amide bonds. The van der Waals surface area contributed by atoms with Crippen molar-refractivity contribution >= 4 is 10.1 Å². The highest BCUT2D eigenvalue weighted by Crippen LogP contribution is 2.33. The van der Waals surface area contributed by atoms with Crippen molar-refractivity contribution in [1.29, 1.82) is 0 Å². The molecule has 6 nitrogen and oxygen atoms in total. The smallest absolute Gasteiger partial charge is 0.297 e. The highest BCUT2D eigenvalue weighted by Gasteiger charge is 2.38. The predicted molar refractivity (Wildman–Crippen MR) is 95.1 cm³/mol. The lowest BCUT2D eigenvalue weighted by Crippen LogP contribution is -2.40. The molecule has 0 radical (unpaired) electrons. The molecular weight excluding hydrogens is 356 g/mol. The Morgan fingerprint density at radius 2 is 1.58 bits per heavy atom. The van der Waals surface area contributed by atoms with Crippen molar-refractivity contribution in [3.8, 4) is 0 Å². The van der Waals surface area contributed by atoms with E-state index in [4.69, 9.17) is 13.7 Å². The SMILES string of the molecule is O=S(=O)(OC[C@](CO)(CC1OCCO1)c1ccccc1)c1ccccc1. The third-order valence-corrected chi connectivity index (χ3v) is 5.74. The Morgan fingerprint density at radius 3 is 2.15 bits per heavy atom. The summed E-state index contributed by atoms with van der Waals surface area (Å²) in [7, 11) is -3.94. The van der Waals surface area contributed by atoms with Crippen molar-refractivity contribution in [3.05, 3.63) is 66.2 Å². The van der Waals surface area contributed by atoms with Crippen LogP contribution in [0.15, 0.2) is 65.6 Å². The van der Waals surface area contributed by atoms with Gasteiger partial charge in [0.05, 0.1) is 31.3 Å². The number of ether oxygens (including phenoxy) is 2. The van der Waals surface area contributed by atoms with Gasteiger partial charge < -0.3 is 14.6 Å². The van der Waals surface area contributed by atoms with Crippen molar-refractivity contribution in [3.63, 3.8) is 0 Å². The van der Waals surface area contributed by atoms with E-state index in [0.29, 0.717) is 13.2 Å². The molecule has 1 aliphatic rings. The minimum atomic E-state index is -3.94. The van der Waals surface area contributed by atoms with E-state index in [1.807, 2.05) is 30.3 Å². The van der Waals surface area contributed by atoms with E-state index >= 15 is 0 Å². The van der Waals surface area contributed by atoms with Crippen LogP contribution in [-0.4, -0.2) is 46.2 Å². The van der Waals surface area contributed by atoms with Crippen LogP contribution in [0.2, 0.25) is 0 Å². The second-order valence-electron chi connectivity index (χ2n) is 6.21. The van der Waals surface area contributed by atoms with Gasteiger partial charge >= 0.3 is 0 Å². The zero-order valence-electron chi connectivity index (χ0n) is 14.3. The van der Waals surface area contributed by atoms with Crippen molar-refractivity contribution in [2.75, 3.05) is 26.4 Å². The molecule has 0 bridgehead atoms. The molecule has 1 aliphatic heterocycles. The molecule has 2 aromatic carbocycles. The van der Waals surface area contributed by atoms with Crippen molar-refractivity contribution in [1.82, 2.24) is 0 Å². The van der Waals surface area contributed by atoms with E-state index in [0.717, 1.165) is 5.56 Å². The predicted octanol–water partition coefficient (Wildman–Crippen LogP) is 2.09. The lowest BCUT2D eigenvalue weighted by molar-refractivity contribution is -0.0723. The summed E-state index contributed by atoms with van der Waals surface area (Å²) < 4.78 is 41.4. The second-order valence-corrected chi connectivity index (χ2v) is 7.82. The van der Waals surface area contributed by atoms with Gasteiger partial charge in [0.25, 0.3) is 10.1 Å². The molecule has 0 saturated carbocycles. The van der Waals surface area contributed by atoms with E-state index in [1.165, 1.54) is 12.1 Å². The Hall–Kier alpha value is -1.77. The van der Waals surface area contributed by atoms with Crippen molar-refractivity contribution in [2.24, 2.45) is 0 Å². The minimum absolute atomic E-state index is 0.0771. The zero-order valence-corrected chi connectivity index (χ0v) is 15.1. The third-order valence-electron chi connectivity index (χ3n) is 4.46. The van der Waals surface area contributed by atoms with Gasteiger partial charge in [-0.2, -0.15) is 8.42 Å². The Labute approximate surface area is 153 Å². The molecule has 1 saturated heterocycles. The summed E-state index contributed by atoms with van der Waals surface area (Å²) in [5, 5.41) is 10.2. The van der Waals surface area contributed by atoms with Gasteiger partial charge in [-0.15, -0.1) is 0 Å². The summed E-state index contributed by atoms with van der Waals surface area (Å²) in [5.74, 6) is 0. The first-order chi connectivity index (χ1) is 12.6. The summed E-state index contributed by atoms with van der Waals surface area (Å²) in [5.41, 5.74) is -0.192. The average Bonchev–Trinajstić information content (AvgIpc) is 3.19. The molecule has 0 aliphatic carbocycles. The fourth-order valence-electron chi connectivity index (χ4n) is 2.94. The number of aliphatic hydroxyl groups is 1. The molecule has 140 valence electrons. The minimum Gasteiger partial charge on any atom is -0.395 e. The number of hydrogen-bond donors (Lipinski definition) is 1. The lowest BCUT2D eigenvalue weighted by Gasteiger charge is -2.33. The largest absolute Gasteiger partial charge is 0.395 e. The molecule has 0 aromatic heterocycles. The maximum absolute atomic E-state index is 12.5. The Bertz CT molecular complexity index is 787. The first-order valence-electron chi connectivity index (χ1n) is 8.40. The van der Waals surface area contributed by atoms with Gasteiger partial charge in [0.15, 0.2) is 6.29 Å². The maximum atomic E-state index is 12.5. The maximum Gasteiger partial charge on any atom is 0.297 e. The molecular formula is C19H22O6S. The molecule has 0 unspecified atom stereocenters. The van der Waals surface area contributed by atoms with Gasteiger partial charge in [0.1, 0.15) is 0 Å². The molecule has 1 N–H and O–H groups in total. The number of benzene rings is 2. The summed E-state index contributed by atoms with van der Waals surface area (Å²) >= 11 is 0. The zero-order chi connectivity index (χ0) is 18.5. The van der Waals surface area contributed by atoms with Crippen LogP contribution in [0.3, 0.4) is 0 Å². The summed E-state index contributed by atoms with van der Waals surface area (Å²) in [6.07, 6.45) is -0.219.